The molecule has 1 rings (SSSR count). The van der Waals surface area contributed by atoms with Gasteiger partial charge >= 0.3 is 0 Å². The fraction of sp³-hybridized carbons (Fsp3) is 0.923. The highest BCUT2D eigenvalue weighted by atomic mass is 127. The van der Waals surface area contributed by atoms with Gasteiger partial charge in [0.2, 0.25) is 0 Å². The molecule has 0 aromatic heterocycles. The van der Waals surface area contributed by atoms with Gasteiger partial charge in [-0.2, -0.15) is 0 Å². The summed E-state index contributed by atoms with van der Waals surface area (Å²) in [5, 5.41) is 6.36. The molecule has 1 heterocycles. The van der Waals surface area contributed by atoms with Crippen LogP contribution in [0.15, 0.2) is 4.99 Å². The maximum Gasteiger partial charge on any atom is 0.191 e. The molecule has 132 valence electrons. The second-order valence-corrected chi connectivity index (χ2v) is 7.53. The van der Waals surface area contributed by atoms with Crippen molar-refractivity contribution in [1.82, 2.24) is 15.5 Å². The van der Waals surface area contributed by atoms with Crippen LogP contribution in [0.1, 0.15) is 13.3 Å². The van der Waals surface area contributed by atoms with E-state index in [-0.39, 0.29) is 41.5 Å². The highest BCUT2D eigenvalue weighted by Gasteiger charge is 2.28. The molecule has 1 atom stereocenters. The normalized spacial score (nSPS) is 20.7. The van der Waals surface area contributed by atoms with Crippen LogP contribution in [0.2, 0.25) is 0 Å². The lowest BCUT2D eigenvalue weighted by atomic mass is 10.3. The Morgan fingerprint density at radius 2 is 2.14 bits per heavy atom. The van der Waals surface area contributed by atoms with Crippen molar-refractivity contribution < 1.29 is 13.2 Å². The molecule has 1 aliphatic rings. The summed E-state index contributed by atoms with van der Waals surface area (Å²) >= 11 is 0. The summed E-state index contributed by atoms with van der Waals surface area (Å²) in [6, 6.07) is -0.0287. The average Bonchev–Trinajstić information content (AvgIpc) is 2.75. The molecule has 0 radical (unpaired) electrons. The molecule has 0 saturated carbocycles. The topological polar surface area (TPSA) is 83.0 Å². The minimum Gasteiger partial charge on any atom is -0.383 e. The zero-order valence-electron chi connectivity index (χ0n) is 13.7. The van der Waals surface area contributed by atoms with Gasteiger partial charge in [0.25, 0.3) is 0 Å². The number of aliphatic imine (C=N–C) groups is 1. The van der Waals surface area contributed by atoms with Crippen molar-refractivity contribution in [2.45, 2.75) is 19.4 Å². The van der Waals surface area contributed by atoms with E-state index >= 15 is 0 Å². The quantitative estimate of drug-likeness (QED) is 0.307. The number of nitrogens with zero attached hydrogens (tertiary/aromatic N) is 2. The van der Waals surface area contributed by atoms with Gasteiger partial charge in [-0.25, -0.2) is 8.42 Å². The summed E-state index contributed by atoms with van der Waals surface area (Å²) in [5.74, 6) is 1.16. The molecule has 1 unspecified atom stereocenters. The van der Waals surface area contributed by atoms with E-state index in [1.165, 1.54) is 0 Å². The van der Waals surface area contributed by atoms with E-state index < -0.39 is 9.84 Å². The van der Waals surface area contributed by atoms with E-state index in [2.05, 4.69) is 20.5 Å². The molecular formula is C13H29IN4O3S. The number of methoxy groups -OCH3 is 1. The van der Waals surface area contributed by atoms with Crippen LogP contribution in [0.4, 0.5) is 0 Å². The van der Waals surface area contributed by atoms with Gasteiger partial charge in [0.1, 0.15) is 0 Å². The summed E-state index contributed by atoms with van der Waals surface area (Å²) in [6.07, 6.45) is 0.653. The van der Waals surface area contributed by atoms with Crippen LogP contribution in [0.5, 0.6) is 0 Å². The number of halogens is 1. The van der Waals surface area contributed by atoms with Crippen molar-refractivity contribution in [3.8, 4) is 0 Å². The Balaban J connectivity index is 0.00000441. The number of guanidine groups is 1. The molecule has 2 N–H and O–H groups in total. The maximum atomic E-state index is 11.5. The van der Waals surface area contributed by atoms with Crippen LogP contribution in [0, 0.1) is 0 Å². The maximum absolute atomic E-state index is 11.5. The van der Waals surface area contributed by atoms with Crippen LogP contribution in [0.3, 0.4) is 0 Å². The third kappa shape index (κ3) is 9.11. The Hall–Kier alpha value is -0.130. The van der Waals surface area contributed by atoms with Gasteiger partial charge in [-0.15, -0.1) is 24.0 Å². The molecule has 0 aromatic rings. The van der Waals surface area contributed by atoms with Crippen LogP contribution >= 0.6 is 24.0 Å². The van der Waals surface area contributed by atoms with Crippen LogP contribution in [-0.4, -0.2) is 83.8 Å². The second-order valence-electron chi connectivity index (χ2n) is 5.30. The second kappa shape index (κ2) is 11.4. The lowest BCUT2D eigenvalue weighted by Crippen LogP contribution is -2.44. The third-order valence-corrected chi connectivity index (χ3v) is 5.11. The molecule has 1 aliphatic heterocycles. The summed E-state index contributed by atoms with van der Waals surface area (Å²) in [4.78, 5) is 6.64. The van der Waals surface area contributed by atoms with Crippen molar-refractivity contribution >= 4 is 39.8 Å². The number of ether oxygens (including phenoxy) is 1. The molecule has 0 amide bonds. The van der Waals surface area contributed by atoms with Crippen LogP contribution in [0.25, 0.3) is 0 Å². The first-order valence-electron chi connectivity index (χ1n) is 7.39. The van der Waals surface area contributed by atoms with E-state index in [4.69, 9.17) is 4.74 Å². The molecular weight excluding hydrogens is 419 g/mol. The number of likely N-dealkylation sites (N-methyl/N-ethyl adjacent to an activating group) is 1. The molecule has 0 spiro atoms. The number of sulfone groups is 1. The lowest BCUT2D eigenvalue weighted by molar-refractivity contribution is 0.163. The zero-order chi connectivity index (χ0) is 15.7. The van der Waals surface area contributed by atoms with E-state index in [1.807, 2.05) is 14.0 Å². The molecule has 1 fully saturated rings. The van der Waals surface area contributed by atoms with Crippen LogP contribution < -0.4 is 10.6 Å². The van der Waals surface area contributed by atoms with Gasteiger partial charge < -0.3 is 20.3 Å². The minimum atomic E-state index is -2.87. The van der Waals surface area contributed by atoms with Crippen molar-refractivity contribution in [3.05, 3.63) is 0 Å². The van der Waals surface area contributed by atoms with Crippen LogP contribution in [-0.2, 0) is 14.6 Å². The molecule has 0 aromatic carbocycles. The predicted octanol–water partition coefficient (Wildman–Crippen LogP) is -0.0752. The molecule has 1 saturated heterocycles. The van der Waals surface area contributed by atoms with E-state index in [0.29, 0.717) is 25.5 Å². The monoisotopic (exact) mass is 448 g/mol. The molecule has 0 bridgehead atoms. The SMILES string of the molecule is CCNC(=NCCN(C)CCOC)NC1CCS(=O)(=O)C1.I. The van der Waals surface area contributed by atoms with Gasteiger partial charge in [0, 0.05) is 32.8 Å². The van der Waals surface area contributed by atoms with Gasteiger partial charge in [-0.1, -0.05) is 0 Å². The number of nitrogens with one attached hydrogen (secondary N) is 2. The Morgan fingerprint density at radius 3 is 2.68 bits per heavy atom. The number of hydrogen-bond donors (Lipinski definition) is 2. The van der Waals surface area contributed by atoms with Gasteiger partial charge in [0.05, 0.1) is 24.7 Å². The lowest BCUT2D eigenvalue weighted by Gasteiger charge is -2.17. The first-order chi connectivity index (χ1) is 9.96. The van der Waals surface area contributed by atoms with Gasteiger partial charge in [-0.3, -0.25) is 4.99 Å². The predicted molar refractivity (Wildman–Crippen MR) is 101 cm³/mol. The van der Waals surface area contributed by atoms with Crippen molar-refractivity contribution in [2.75, 3.05) is 58.4 Å². The first-order valence-corrected chi connectivity index (χ1v) is 9.21. The van der Waals surface area contributed by atoms with E-state index in [0.717, 1.165) is 19.6 Å². The van der Waals surface area contributed by atoms with E-state index in [1.54, 1.807) is 7.11 Å². The summed E-state index contributed by atoms with van der Waals surface area (Å²) in [6.45, 7) is 5.82. The summed E-state index contributed by atoms with van der Waals surface area (Å²) in [5.41, 5.74) is 0. The average molecular weight is 448 g/mol. The smallest absolute Gasteiger partial charge is 0.191 e. The van der Waals surface area contributed by atoms with Crippen molar-refractivity contribution in [1.29, 1.82) is 0 Å². The molecule has 22 heavy (non-hydrogen) atoms. The zero-order valence-corrected chi connectivity index (χ0v) is 16.8. The summed E-state index contributed by atoms with van der Waals surface area (Å²) in [7, 11) is 0.848. The minimum absolute atomic E-state index is 0. The largest absolute Gasteiger partial charge is 0.383 e. The fourth-order valence-corrected chi connectivity index (χ4v) is 3.79. The standard InChI is InChI=1S/C13H28N4O3S.HI/c1-4-14-13(15-6-7-17(2)8-9-20-3)16-12-5-10-21(18,19)11-12;/h12H,4-11H2,1-3H3,(H2,14,15,16);1H. The highest BCUT2D eigenvalue weighted by Crippen LogP contribution is 2.10. The van der Waals surface area contributed by atoms with Gasteiger partial charge in [0.15, 0.2) is 15.8 Å². The van der Waals surface area contributed by atoms with Crippen molar-refractivity contribution in [2.24, 2.45) is 4.99 Å². The first kappa shape index (κ1) is 21.9. The van der Waals surface area contributed by atoms with Gasteiger partial charge in [-0.05, 0) is 20.4 Å². The fourth-order valence-electron chi connectivity index (χ4n) is 2.11. The molecule has 7 nitrogen and oxygen atoms in total. The number of rotatable bonds is 8. The van der Waals surface area contributed by atoms with E-state index in [9.17, 15) is 8.42 Å². The highest BCUT2D eigenvalue weighted by molar-refractivity contribution is 14.0. The molecule has 0 aliphatic carbocycles. The number of hydrogen-bond acceptors (Lipinski definition) is 5. The Labute approximate surface area is 151 Å². The molecule has 9 heteroatoms. The third-order valence-electron chi connectivity index (χ3n) is 3.35. The summed E-state index contributed by atoms with van der Waals surface area (Å²) < 4.78 is 28.0. The Morgan fingerprint density at radius 1 is 1.41 bits per heavy atom. The van der Waals surface area contributed by atoms with Crippen molar-refractivity contribution in [3.63, 3.8) is 0 Å². The Bertz CT molecular complexity index is 431. The Kier molecular flexibility index (Phi) is 11.3.